The van der Waals surface area contributed by atoms with Gasteiger partial charge in [-0.15, -0.1) is 34.4 Å². The summed E-state index contributed by atoms with van der Waals surface area (Å²) in [5.41, 5.74) is 0. The van der Waals surface area contributed by atoms with Crippen LogP contribution in [0.25, 0.3) is 0 Å². The number of halogens is 1. The number of carbonyl (C=O) groups excluding carboxylic acids is 1. The lowest BCUT2D eigenvalue weighted by molar-refractivity contribution is -0.117. The fraction of sp³-hybridized carbons (Fsp3) is 0.667. The maximum atomic E-state index is 11.7. The first-order chi connectivity index (χ1) is 7.79. The van der Waals surface area contributed by atoms with Crippen molar-refractivity contribution < 1.29 is 4.79 Å². The molecule has 5 nitrogen and oxygen atoms in total. The van der Waals surface area contributed by atoms with Gasteiger partial charge in [0.1, 0.15) is 5.01 Å². The third-order valence-corrected chi connectivity index (χ3v) is 4.03. The van der Waals surface area contributed by atoms with Crippen molar-refractivity contribution in [3.63, 3.8) is 0 Å². The second-order valence-corrected chi connectivity index (χ2v) is 5.60. The molecule has 1 unspecified atom stereocenters. The molecule has 17 heavy (non-hydrogen) atoms. The summed E-state index contributed by atoms with van der Waals surface area (Å²) in [6.07, 6.45) is 1.97. The largest absolute Gasteiger partial charge is 0.299 e. The number of nitrogens with zero attached hydrogens (tertiary/aromatic N) is 2. The standard InChI is InChI=1S/C9H14N4OS2.ClH/c1-2-3-7-12-13-9(16-7)11-8(14)6-4-15-5-10-6;/h6,10H,2-5H2,1H3,(H,11,13,14);1H. The molecule has 1 atom stereocenters. The molecule has 0 saturated carbocycles. The van der Waals surface area contributed by atoms with E-state index in [4.69, 9.17) is 0 Å². The van der Waals surface area contributed by atoms with Crippen LogP contribution in [0.2, 0.25) is 0 Å². The second kappa shape index (κ2) is 7.15. The van der Waals surface area contributed by atoms with E-state index in [-0.39, 0.29) is 24.4 Å². The van der Waals surface area contributed by atoms with Crippen LogP contribution in [-0.2, 0) is 11.2 Å². The van der Waals surface area contributed by atoms with Crippen molar-refractivity contribution in [3.05, 3.63) is 5.01 Å². The number of aromatic nitrogens is 2. The number of rotatable bonds is 4. The van der Waals surface area contributed by atoms with Gasteiger partial charge in [-0.3, -0.25) is 15.4 Å². The van der Waals surface area contributed by atoms with Crippen molar-refractivity contribution >= 4 is 46.5 Å². The van der Waals surface area contributed by atoms with Crippen LogP contribution in [-0.4, -0.2) is 33.8 Å². The van der Waals surface area contributed by atoms with E-state index in [1.165, 1.54) is 11.3 Å². The second-order valence-electron chi connectivity index (χ2n) is 3.51. The smallest absolute Gasteiger partial charge is 0.244 e. The number of thioether (sulfide) groups is 1. The van der Waals surface area contributed by atoms with Crippen molar-refractivity contribution in [1.29, 1.82) is 0 Å². The highest BCUT2D eigenvalue weighted by molar-refractivity contribution is 7.99. The first kappa shape index (κ1) is 14.7. The number of hydrogen-bond acceptors (Lipinski definition) is 6. The average molecular weight is 295 g/mol. The van der Waals surface area contributed by atoms with Gasteiger partial charge in [-0.1, -0.05) is 18.3 Å². The van der Waals surface area contributed by atoms with Gasteiger partial charge in [-0.05, 0) is 6.42 Å². The Morgan fingerprint density at radius 2 is 2.41 bits per heavy atom. The lowest BCUT2D eigenvalue weighted by atomic mass is 10.3. The Balaban J connectivity index is 0.00000144. The van der Waals surface area contributed by atoms with Crippen molar-refractivity contribution in [2.75, 3.05) is 16.9 Å². The van der Waals surface area contributed by atoms with Crippen LogP contribution in [0.3, 0.4) is 0 Å². The molecule has 96 valence electrons. The summed E-state index contributed by atoms with van der Waals surface area (Å²) < 4.78 is 0. The van der Waals surface area contributed by atoms with Gasteiger partial charge in [0.2, 0.25) is 11.0 Å². The fourth-order valence-corrected chi connectivity index (χ4v) is 3.16. The molecular formula is C9H15ClN4OS2. The molecule has 1 amide bonds. The minimum Gasteiger partial charge on any atom is -0.299 e. The van der Waals surface area contributed by atoms with Gasteiger partial charge in [0.05, 0.1) is 6.04 Å². The van der Waals surface area contributed by atoms with Gasteiger partial charge < -0.3 is 0 Å². The Bertz CT molecular complexity index is 368. The highest BCUT2D eigenvalue weighted by Gasteiger charge is 2.23. The van der Waals surface area contributed by atoms with Crippen LogP contribution in [0, 0.1) is 0 Å². The Morgan fingerprint density at radius 1 is 1.59 bits per heavy atom. The van der Waals surface area contributed by atoms with E-state index in [1.54, 1.807) is 11.8 Å². The normalized spacial score (nSPS) is 18.8. The molecule has 1 aromatic rings. The zero-order valence-electron chi connectivity index (χ0n) is 9.43. The van der Waals surface area contributed by atoms with E-state index < -0.39 is 0 Å². The SMILES string of the molecule is CCCc1nnc(NC(=O)C2CSCN2)s1.Cl. The Morgan fingerprint density at radius 3 is 3.06 bits per heavy atom. The zero-order chi connectivity index (χ0) is 11.4. The highest BCUT2D eigenvalue weighted by atomic mass is 35.5. The molecule has 0 radical (unpaired) electrons. The summed E-state index contributed by atoms with van der Waals surface area (Å²) in [5, 5.41) is 15.5. The van der Waals surface area contributed by atoms with Gasteiger partial charge in [0.25, 0.3) is 0 Å². The molecule has 0 spiro atoms. The summed E-state index contributed by atoms with van der Waals surface area (Å²) in [6, 6.07) is -0.0940. The van der Waals surface area contributed by atoms with E-state index in [1.807, 2.05) is 0 Å². The van der Waals surface area contributed by atoms with Gasteiger partial charge in [-0.25, -0.2) is 0 Å². The maximum absolute atomic E-state index is 11.7. The van der Waals surface area contributed by atoms with Gasteiger partial charge in [-0.2, -0.15) is 0 Å². The molecule has 1 fully saturated rings. The van der Waals surface area contributed by atoms with Crippen molar-refractivity contribution in [2.24, 2.45) is 0 Å². The summed E-state index contributed by atoms with van der Waals surface area (Å²) in [6.45, 7) is 2.10. The van der Waals surface area contributed by atoms with E-state index in [9.17, 15) is 4.79 Å². The molecule has 2 N–H and O–H groups in total. The Hall–Kier alpha value is -0.370. The first-order valence-corrected chi connectivity index (χ1v) is 7.21. The van der Waals surface area contributed by atoms with E-state index in [2.05, 4.69) is 27.8 Å². The topological polar surface area (TPSA) is 66.9 Å². The summed E-state index contributed by atoms with van der Waals surface area (Å²) >= 11 is 3.19. The first-order valence-electron chi connectivity index (χ1n) is 5.24. The number of aryl methyl sites for hydroxylation is 1. The summed E-state index contributed by atoms with van der Waals surface area (Å²) in [4.78, 5) is 11.7. The third kappa shape index (κ3) is 4.09. The fourth-order valence-electron chi connectivity index (χ4n) is 1.38. The quantitative estimate of drug-likeness (QED) is 0.881. The monoisotopic (exact) mass is 294 g/mol. The summed E-state index contributed by atoms with van der Waals surface area (Å²) in [5.74, 6) is 1.66. The molecular weight excluding hydrogens is 280 g/mol. The van der Waals surface area contributed by atoms with Crippen LogP contribution < -0.4 is 10.6 Å². The molecule has 1 aliphatic rings. The van der Waals surface area contributed by atoms with Crippen LogP contribution in [0.1, 0.15) is 18.4 Å². The van der Waals surface area contributed by atoms with Crippen LogP contribution in [0.5, 0.6) is 0 Å². The van der Waals surface area contributed by atoms with Crippen molar-refractivity contribution in [1.82, 2.24) is 15.5 Å². The molecule has 2 heterocycles. The molecule has 0 aliphatic carbocycles. The lowest BCUT2D eigenvalue weighted by Gasteiger charge is -2.06. The van der Waals surface area contributed by atoms with E-state index >= 15 is 0 Å². The van der Waals surface area contributed by atoms with E-state index in [0.29, 0.717) is 5.13 Å². The number of anilines is 1. The molecule has 1 aromatic heterocycles. The van der Waals surface area contributed by atoms with Crippen molar-refractivity contribution in [3.8, 4) is 0 Å². The summed E-state index contributed by atoms with van der Waals surface area (Å²) in [7, 11) is 0. The molecule has 0 aromatic carbocycles. The van der Waals surface area contributed by atoms with Crippen LogP contribution in [0.4, 0.5) is 5.13 Å². The molecule has 2 rings (SSSR count). The molecule has 0 bridgehead atoms. The number of nitrogens with one attached hydrogen (secondary N) is 2. The van der Waals surface area contributed by atoms with E-state index in [0.717, 1.165) is 29.5 Å². The van der Waals surface area contributed by atoms with Gasteiger partial charge >= 0.3 is 0 Å². The Labute approximate surface area is 115 Å². The lowest BCUT2D eigenvalue weighted by Crippen LogP contribution is -2.37. The van der Waals surface area contributed by atoms with Crippen LogP contribution in [0.15, 0.2) is 0 Å². The zero-order valence-corrected chi connectivity index (χ0v) is 11.9. The average Bonchev–Trinajstić information content (AvgIpc) is 2.89. The van der Waals surface area contributed by atoms with Crippen molar-refractivity contribution in [2.45, 2.75) is 25.8 Å². The number of carbonyl (C=O) groups is 1. The minimum atomic E-state index is -0.0940. The van der Waals surface area contributed by atoms with Crippen LogP contribution >= 0.6 is 35.5 Å². The van der Waals surface area contributed by atoms with Gasteiger partial charge in [0.15, 0.2) is 0 Å². The maximum Gasteiger partial charge on any atom is 0.244 e. The molecule has 8 heteroatoms. The molecule has 1 aliphatic heterocycles. The third-order valence-electron chi connectivity index (χ3n) is 2.19. The minimum absolute atomic E-state index is 0. The predicted octanol–water partition coefficient (Wildman–Crippen LogP) is 1.51. The predicted molar refractivity (Wildman–Crippen MR) is 74.0 cm³/mol. The number of amides is 1. The Kier molecular flexibility index (Phi) is 6.18. The number of hydrogen-bond donors (Lipinski definition) is 2. The van der Waals surface area contributed by atoms with Gasteiger partial charge in [0, 0.05) is 18.1 Å². The molecule has 1 saturated heterocycles. The highest BCUT2D eigenvalue weighted by Crippen LogP contribution is 2.18.